The number of ether oxygens (including phenoxy) is 4. The van der Waals surface area contributed by atoms with Crippen molar-refractivity contribution in [3.05, 3.63) is 89.5 Å². The van der Waals surface area contributed by atoms with E-state index >= 15 is 0 Å². The van der Waals surface area contributed by atoms with Gasteiger partial charge in [0.15, 0.2) is 0 Å². The lowest BCUT2D eigenvalue weighted by atomic mass is 10.1. The third-order valence-electron chi connectivity index (χ3n) is 7.58. The van der Waals surface area contributed by atoms with E-state index in [4.69, 9.17) is 18.9 Å². The molecule has 7 heteroatoms. The molecule has 0 amide bonds. The van der Waals surface area contributed by atoms with Crippen LogP contribution in [0.5, 0.6) is 11.5 Å². The van der Waals surface area contributed by atoms with Crippen LogP contribution in [0.2, 0.25) is 0 Å². The smallest absolute Gasteiger partial charge is 0.343 e. The quantitative estimate of drug-likeness (QED) is 0.0449. The van der Waals surface area contributed by atoms with Crippen LogP contribution in [0.3, 0.4) is 0 Å². The monoisotopic (exact) mass is 629 g/mol. The van der Waals surface area contributed by atoms with Gasteiger partial charge in [0.2, 0.25) is 0 Å². The minimum atomic E-state index is -0.426. The lowest BCUT2D eigenvalue weighted by molar-refractivity contribution is 0.0335. The second-order valence-electron chi connectivity index (χ2n) is 11.4. The molecule has 0 bridgehead atoms. The topological polar surface area (TPSA) is 83.4 Å². The molecule has 0 aromatic heterocycles. The highest BCUT2D eigenvalue weighted by molar-refractivity contribution is 5.91. The third-order valence-corrected chi connectivity index (χ3v) is 7.58. The van der Waals surface area contributed by atoms with Gasteiger partial charge in [-0.3, -0.25) is 4.99 Å². The highest BCUT2D eigenvalue weighted by Gasteiger charge is 2.09. The van der Waals surface area contributed by atoms with Crippen molar-refractivity contribution in [2.75, 3.05) is 26.4 Å². The van der Waals surface area contributed by atoms with Crippen molar-refractivity contribution < 1.29 is 28.5 Å². The predicted molar refractivity (Wildman–Crippen MR) is 185 cm³/mol. The summed E-state index contributed by atoms with van der Waals surface area (Å²) in [5.41, 5.74) is 2.46. The van der Waals surface area contributed by atoms with Crippen LogP contribution in [0.1, 0.15) is 117 Å². The molecule has 248 valence electrons. The van der Waals surface area contributed by atoms with Crippen LogP contribution in [-0.4, -0.2) is 44.6 Å². The van der Waals surface area contributed by atoms with E-state index in [1.165, 1.54) is 70.6 Å². The average molecular weight is 630 g/mol. The SMILES string of the molecule is CCCCCCCCCCCCCCOc1ccc(C(=O)Oc2ccc(C=Nc3ccc(C(=O)OCCOCC)cc3)cc2)cc1. The zero-order valence-electron chi connectivity index (χ0n) is 27.7. The molecule has 3 rings (SSSR count). The van der Waals surface area contributed by atoms with E-state index < -0.39 is 11.9 Å². The highest BCUT2D eigenvalue weighted by Crippen LogP contribution is 2.19. The number of unbranched alkanes of at least 4 members (excludes halogenated alkanes) is 11. The second-order valence-corrected chi connectivity index (χ2v) is 11.4. The summed E-state index contributed by atoms with van der Waals surface area (Å²) in [4.78, 5) is 29.2. The largest absolute Gasteiger partial charge is 0.494 e. The van der Waals surface area contributed by atoms with Gasteiger partial charge in [0.05, 0.1) is 30.0 Å². The van der Waals surface area contributed by atoms with Crippen LogP contribution in [0.15, 0.2) is 77.8 Å². The third kappa shape index (κ3) is 14.9. The fraction of sp³-hybridized carbons (Fsp3) is 0.462. The fourth-order valence-corrected chi connectivity index (χ4v) is 4.86. The summed E-state index contributed by atoms with van der Waals surface area (Å²) in [7, 11) is 0. The molecule has 0 unspecified atom stereocenters. The summed E-state index contributed by atoms with van der Waals surface area (Å²) in [6, 6.07) is 21.0. The van der Waals surface area contributed by atoms with Gasteiger partial charge in [0.25, 0.3) is 0 Å². The number of esters is 2. The van der Waals surface area contributed by atoms with Gasteiger partial charge in [-0.15, -0.1) is 0 Å². The van der Waals surface area contributed by atoms with Gasteiger partial charge in [-0.2, -0.15) is 0 Å². The zero-order valence-corrected chi connectivity index (χ0v) is 27.7. The van der Waals surface area contributed by atoms with Gasteiger partial charge >= 0.3 is 11.9 Å². The zero-order chi connectivity index (χ0) is 32.7. The molecule has 0 radical (unpaired) electrons. The molecule has 3 aromatic rings. The van der Waals surface area contributed by atoms with Crippen LogP contribution >= 0.6 is 0 Å². The predicted octanol–water partition coefficient (Wildman–Crippen LogP) is 9.93. The number of rotatable bonds is 23. The minimum Gasteiger partial charge on any atom is -0.494 e. The van der Waals surface area contributed by atoms with E-state index in [0.717, 1.165) is 17.7 Å². The lowest BCUT2D eigenvalue weighted by Gasteiger charge is -2.08. The van der Waals surface area contributed by atoms with Gasteiger partial charge in [-0.05, 0) is 91.7 Å². The van der Waals surface area contributed by atoms with Crippen LogP contribution in [0.4, 0.5) is 5.69 Å². The van der Waals surface area contributed by atoms with E-state index in [-0.39, 0.29) is 6.61 Å². The van der Waals surface area contributed by atoms with E-state index in [1.807, 2.05) is 31.2 Å². The molecule has 46 heavy (non-hydrogen) atoms. The molecule has 0 heterocycles. The highest BCUT2D eigenvalue weighted by atomic mass is 16.6. The molecule has 3 aromatic carbocycles. The Hall–Kier alpha value is -3.97. The van der Waals surface area contributed by atoms with Gasteiger partial charge in [-0.25, -0.2) is 9.59 Å². The molecule has 0 atom stereocenters. The standard InChI is InChI=1S/C39H51NO6/c1-3-5-6-7-8-9-10-11-12-13-14-15-28-44-36-26-20-34(21-27-36)39(42)46-37-24-16-32(17-25-37)31-40-35-22-18-33(19-23-35)38(41)45-30-29-43-4-2/h16-27,31H,3-15,28-30H2,1-2H3. The van der Waals surface area contributed by atoms with Gasteiger partial charge < -0.3 is 18.9 Å². The number of hydrogen-bond donors (Lipinski definition) is 0. The van der Waals surface area contributed by atoms with Crippen molar-refractivity contribution >= 4 is 23.8 Å². The Balaban J connectivity index is 1.31. The molecule has 0 N–H and O–H groups in total. The summed E-state index contributed by atoms with van der Waals surface area (Å²) >= 11 is 0. The number of carbonyl (C=O) groups excluding carboxylic acids is 2. The fourth-order valence-electron chi connectivity index (χ4n) is 4.86. The molecule has 0 aliphatic rings. The molecule has 0 aliphatic heterocycles. The minimum absolute atomic E-state index is 0.221. The molecule has 0 aliphatic carbocycles. The van der Waals surface area contributed by atoms with Crippen LogP contribution in [0, 0.1) is 0 Å². The van der Waals surface area contributed by atoms with E-state index in [0.29, 0.717) is 42.4 Å². The van der Waals surface area contributed by atoms with E-state index in [9.17, 15) is 9.59 Å². The Bertz CT molecular complexity index is 1290. The van der Waals surface area contributed by atoms with Crippen LogP contribution < -0.4 is 9.47 Å². The maximum Gasteiger partial charge on any atom is 0.343 e. The first-order chi connectivity index (χ1) is 22.6. The number of aliphatic imine (C=N–C) groups is 1. The summed E-state index contributed by atoms with van der Waals surface area (Å²) in [6.45, 7) is 6.03. The molecule has 0 saturated heterocycles. The molecular formula is C39H51NO6. The Labute approximate surface area is 275 Å². The second kappa shape index (κ2) is 22.5. The van der Waals surface area contributed by atoms with Crippen molar-refractivity contribution in [1.82, 2.24) is 0 Å². The first-order valence-corrected chi connectivity index (χ1v) is 17.0. The normalized spacial score (nSPS) is 11.1. The molecule has 0 fully saturated rings. The Morgan fingerprint density at radius 1 is 0.587 bits per heavy atom. The van der Waals surface area contributed by atoms with Crippen molar-refractivity contribution in [2.45, 2.75) is 90.9 Å². The number of carbonyl (C=O) groups is 2. The number of benzene rings is 3. The van der Waals surface area contributed by atoms with Crippen LogP contribution in [-0.2, 0) is 9.47 Å². The molecule has 0 spiro atoms. The van der Waals surface area contributed by atoms with Crippen molar-refractivity contribution in [2.24, 2.45) is 4.99 Å². The maximum atomic E-state index is 12.6. The average Bonchev–Trinajstić information content (AvgIpc) is 3.09. The summed E-state index contributed by atoms with van der Waals surface area (Å²) < 4.78 is 21.8. The lowest BCUT2D eigenvalue weighted by Crippen LogP contribution is -2.10. The number of nitrogens with zero attached hydrogens (tertiary/aromatic N) is 1. The first kappa shape index (κ1) is 36.5. The van der Waals surface area contributed by atoms with Gasteiger partial charge in [0.1, 0.15) is 18.1 Å². The van der Waals surface area contributed by atoms with Crippen LogP contribution in [0.25, 0.3) is 0 Å². The van der Waals surface area contributed by atoms with Crippen molar-refractivity contribution in [3.8, 4) is 11.5 Å². The Morgan fingerprint density at radius 2 is 1.13 bits per heavy atom. The Morgan fingerprint density at radius 3 is 1.74 bits per heavy atom. The molecule has 0 saturated carbocycles. The van der Waals surface area contributed by atoms with Crippen molar-refractivity contribution in [1.29, 1.82) is 0 Å². The summed E-state index contributed by atoms with van der Waals surface area (Å²) in [5, 5.41) is 0. The Kier molecular flexibility index (Phi) is 17.9. The van der Waals surface area contributed by atoms with Gasteiger partial charge in [0, 0.05) is 12.8 Å². The van der Waals surface area contributed by atoms with E-state index in [2.05, 4.69) is 11.9 Å². The van der Waals surface area contributed by atoms with Crippen molar-refractivity contribution in [3.63, 3.8) is 0 Å². The molecular weight excluding hydrogens is 578 g/mol. The maximum absolute atomic E-state index is 12.6. The summed E-state index contributed by atoms with van der Waals surface area (Å²) in [6.07, 6.45) is 17.5. The van der Waals surface area contributed by atoms with Gasteiger partial charge in [-0.1, -0.05) is 77.6 Å². The van der Waals surface area contributed by atoms with E-state index in [1.54, 1.807) is 54.7 Å². The summed E-state index contributed by atoms with van der Waals surface area (Å²) in [5.74, 6) is 0.386. The molecule has 7 nitrogen and oxygen atoms in total. The number of hydrogen-bond acceptors (Lipinski definition) is 7. The first-order valence-electron chi connectivity index (χ1n) is 17.0.